The van der Waals surface area contributed by atoms with Gasteiger partial charge in [0.15, 0.2) is 0 Å². The molecule has 1 aliphatic carbocycles. The summed E-state index contributed by atoms with van der Waals surface area (Å²) >= 11 is 1.51. The second kappa shape index (κ2) is 10.9. The number of pyridine rings is 1. The van der Waals surface area contributed by atoms with Gasteiger partial charge in [0.2, 0.25) is 0 Å². The van der Waals surface area contributed by atoms with Crippen LogP contribution in [0.4, 0.5) is 5.00 Å². The standard InChI is InChI=1S/C33H36N2O3S/c1-6-17-38-32(37)29-24-16-11-20(2)18-28(24)39-31(29)35-30(36)25-19-27(34-26-10-8-7-9-23(25)26)21-12-14-22(15-13-21)33(3,4)5/h7-10,12-15,19-20H,6,11,16-18H2,1-5H3,(H,35,36). The van der Waals surface area contributed by atoms with Crippen LogP contribution < -0.4 is 5.32 Å². The molecule has 0 aliphatic heterocycles. The third kappa shape index (κ3) is 5.62. The van der Waals surface area contributed by atoms with Gasteiger partial charge in [-0.15, -0.1) is 11.3 Å². The first-order valence-electron chi connectivity index (χ1n) is 13.8. The summed E-state index contributed by atoms with van der Waals surface area (Å²) in [6.07, 6.45) is 3.51. The molecule has 1 N–H and O–H groups in total. The van der Waals surface area contributed by atoms with Crippen molar-refractivity contribution in [3.63, 3.8) is 0 Å². The van der Waals surface area contributed by atoms with Gasteiger partial charge in [-0.2, -0.15) is 0 Å². The van der Waals surface area contributed by atoms with Crippen LogP contribution in [0.3, 0.4) is 0 Å². The monoisotopic (exact) mass is 540 g/mol. The van der Waals surface area contributed by atoms with Gasteiger partial charge in [0.25, 0.3) is 5.91 Å². The first kappa shape index (κ1) is 27.1. The average molecular weight is 541 g/mol. The zero-order valence-corrected chi connectivity index (χ0v) is 24.2. The molecule has 5 rings (SSSR count). The van der Waals surface area contributed by atoms with E-state index in [1.807, 2.05) is 37.3 Å². The maximum Gasteiger partial charge on any atom is 0.341 e. The number of para-hydroxylation sites is 1. The summed E-state index contributed by atoms with van der Waals surface area (Å²) in [5, 5.41) is 4.46. The van der Waals surface area contributed by atoms with Crippen LogP contribution in [0.1, 0.15) is 84.2 Å². The fourth-order valence-corrected chi connectivity index (χ4v) is 6.54. The molecule has 202 valence electrons. The topological polar surface area (TPSA) is 68.3 Å². The molecular weight excluding hydrogens is 504 g/mol. The minimum atomic E-state index is -0.349. The third-order valence-corrected chi connectivity index (χ3v) is 8.56. The Labute approximate surface area is 234 Å². The largest absolute Gasteiger partial charge is 0.462 e. The number of carbonyl (C=O) groups excluding carboxylic acids is 2. The summed E-state index contributed by atoms with van der Waals surface area (Å²) in [5.41, 5.74) is 5.82. The predicted octanol–water partition coefficient (Wildman–Crippen LogP) is 8.20. The zero-order valence-electron chi connectivity index (χ0n) is 23.4. The maximum absolute atomic E-state index is 13.9. The van der Waals surface area contributed by atoms with Gasteiger partial charge < -0.3 is 10.1 Å². The molecule has 0 saturated heterocycles. The molecule has 0 saturated carbocycles. The molecule has 2 aromatic heterocycles. The SMILES string of the molecule is CCCOC(=O)c1c(NC(=O)c2cc(-c3ccc(C(C)(C)C)cc3)nc3ccccc23)sc2c1CCC(C)C2. The summed E-state index contributed by atoms with van der Waals surface area (Å²) in [4.78, 5) is 33.1. The lowest BCUT2D eigenvalue weighted by atomic mass is 9.86. The molecule has 0 spiro atoms. The van der Waals surface area contributed by atoms with Crippen LogP contribution in [-0.4, -0.2) is 23.5 Å². The molecule has 0 fully saturated rings. The highest BCUT2D eigenvalue weighted by molar-refractivity contribution is 7.17. The minimum absolute atomic E-state index is 0.0496. The van der Waals surface area contributed by atoms with E-state index in [1.54, 1.807) is 0 Å². The summed E-state index contributed by atoms with van der Waals surface area (Å²) in [6.45, 7) is 11.1. The van der Waals surface area contributed by atoms with E-state index in [9.17, 15) is 9.59 Å². The van der Waals surface area contributed by atoms with Gasteiger partial charge in [0.05, 0.1) is 28.9 Å². The van der Waals surface area contributed by atoms with Crippen molar-refractivity contribution in [2.45, 2.75) is 65.7 Å². The molecule has 4 aromatic rings. The minimum Gasteiger partial charge on any atom is -0.462 e. The van der Waals surface area contributed by atoms with Gasteiger partial charge in [-0.1, -0.05) is 77.1 Å². The zero-order chi connectivity index (χ0) is 27.7. The fraction of sp³-hybridized carbons (Fsp3) is 0.364. The predicted molar refractivity (Wildman–Crippen MR) is 160 cm³/mol. The Morgan fingerprint density at radius 2 is 1.85 bits per heavy atom. The number of amides is 1. The highest BCUT2D eigenvalue weighted by Gasteiger charge is 2.30. The number of hydrogen-bond acceptors (Lipinski definition) is 5. The Morgan fingerprint density at radius 1 is 1.10 bits per heavy atom. The third-order valence-electron chi connectivity index (χ3n) is 7.39. The number of anilines is 1. The van der Waals surface area contributed by atoms with E-state index in [0.717, 1.165) is 53.4 Å². The molecular formula is C33H36N2O3S. The van der Waals surface area contributed by atoms with E-state index < -0.39 is 0 Å². The van der Waals surface area contributed by atoms with E-state index in [1.165, 1.54) is 21.8 Å². The van der Waals surface area contributed by atoms with Gasteiger partial charge in [-0.25, -0.2) is 9.78 Å². The lowest BCUT2D eigenvalue weighted by Gasteiger charge is -2.19. The molecule has 1 aliphatic rings. The van der Waals surface area contributed by atoms with Gasteiger partial charge in [0, 0.05) is 15.8 Å². The Kier molecular flexibility index (Phi) is 7.59. The van der Waals surface area contributed by atoms with Gasteiger partial charge in [-0.3, -0.25) is 4.79 Å². The van der Waals surface area contributed by atoms with Crippen molar-refractivity contribution in [2.75, 3.05) is 11.9 Å². The van der Waals surface area contributed by atoms with E-state index >= 15 is 0 Å². The first-order chi connectivity index (χ1) is 18.7. The normalized spacial score (nSPS) is 15.2. The summed E-state index contributed by atoms with van der Waals surface area (Å²) in [6, 6.07) is 17.9. The molecule has 1 atom stereocenters. The summed E-state index contributed by atoms with van der Waals surface area (Å²) in [5.74, 6) is -0.0497. The van der Waals surface area contributed by atoms with E-state index in [2.05, 4.69) is 57.3 Å². The number of esters is 1. The highest BCUT2D eigenvalue weighted by atomic mass is 32.1. The molecule has 6 heteroatoms. The number of rotatable bonds is 6. The Balaban J connectivity index is 1.54. The van der Waals surface area contributed by atoms with Gasteiger partial charge in [0.1, 0.15) is 5.00 Å². The second-order valence-corrected chi connectivity index (χ2v) is 12.7. The van der Waals surface area contributed by atoms with Gasteiger partial charge >= 0.3 is 5.97 Å². The Bertz CT molecular complexity index is 1530. The second-order valence-electron chi connectivity index (χ2n) is 11.5. The number of ether oxygens (including phenoxy) is 1. The number of hydrogen-bond donors (Lipinski definition) is 1. The van der Waals surface area contributed by atoms with Crippen molar-refractivity contribution >= 4 is 39.1 Å². The summed E-state index contributed by atoms with van der Waals surface area (Å²) < 4.78 is 5.54. The van der Waals surface area contributed by atoms with Crippen LogP contribution in [0.5, 0.6) is 0 Å². The van der Waals surface area contributed by atoms with Crippen molar-refractivity contribution < 1.29 is 14.3 Å². The average Bonchev–Trinajstić information content (AvgIpc) is 3.27. The van der Waals surface area contributed by atoms with Crippen LogP contribution in [0.15, 0.2) is 54.6 Å². The van der Waals surface area contributed by atoms with Crippen molar-refractivity contribution in [1.82, 2.24) is 4.98 Å². The van der Waals surface area contributed by atoms with Crippen molar-refractivity contribution in [3.05, 3.63) is 81.7 Å². The number of fused-ring (bicyclic) bond motifs is 2. The lowest BCUT2D eigenvalue weighted by Crippen LogP contribution is -2.17. The Morgan fingerprint density at radius 3 is 2.56 bits per heavy atom. The van der Waals surface area contributed by atoms with Crippen molar-refractivity contribution in [3.8, 4) is 11.3 Å². The van der Waals surface area contributed by atoms with Crippen LogP contribution in [0, 0.1) is 5.92 Å². The smallest absolute Gasteiger partial charge is 0.341 e. The molecule has 2 aromatic carbocycles. The molecule has 2 heterocycles. The van der Waals surface area contributed by atoms with E-state index in [4.69, 9.17) is 9.72 Å². The Hall–Kier alpha value is -3.51. The van der Waals surface area contributed by atoms with Crippen molar-refractivity contribution in [2.24, 2.45) is 5.92 Å². The van der Waals surface area contributed by atoms with Crippen LogP contribution in [0.25, 0.3) is 22.2 Å². The molecule has 0 radical (unpaired) electrons. The van der Waals surface area contributed by atoms with Crippen LogP contribution >= 0.6 is 11.3 Å². The van der Waals surface area contributed by atoms with E-state index in [-0.39, 0.29) is 17.3 Å². The number of thiophene rings is 1. The lowest BCUT2D eigenvalue weighted by molar-refractivity contribution is 0.0505. The van der Waals surface area contributed by atoms with E-state index in [0.29, 0.717) is 28.7 Å². The number of aromatic nitrogens is 1. The summed E-state index contributed by atoms with van der Waals surface area (Å²) in [7, 11) is 0. The van der Waals surface area contributed by atoms with Gasteiger partial charge in [-0.05, 0) is 60.3 Å². The molecule has 5 nitrogen and oxygen atoms in total. The molecule has 0 bridgehead atoms. The molecule has 1 unspecified atom stereocenters. The highest BCUT2D eigenvalue weighted by Crippen LogP contribution is 2.40. The molecule has 1 amide bonds. The number of carbonyl (C=O) groups is 2. The number of benzene rings is 2. The van der Waals surface area contributed by atoms with Crippen LogP contribution in [-0.2, 0) is 23.0 Å². The quantitative estimate of drug-likeness (QED) is 0.250. The van der Waals surface area contributed by atoms with Crippen molar-refractivity contribution in [1.29, 1.82) is 0 Å². The van der Waals surface area contributed by atoms with Crippen LogP contribution in [0.2, 0.25) is 0 Å². The maximum atomic E-state index is 13.9. The number of nitrogens with zero attached hydrogens (tertiary/aromatic N) is 1. The fourth-order valence-electron chi connectivity index (χ4n) is 5.14. The number of nitrogens with one attached hydrogen (secondary N) is 1. The molecule has 39 heavy (non-hydrogen) atoms. The first-order valence-corrected chi connectivity index (χ1v) is 14.6.